The van der Waals surface area contributed by atoms with E-state index < -0.39 is 0 Å². The van der Waals surface area contributed by atoms with Gasteiger partial charge in [-0.25, -0.2) is 44.9 Å². The summed E-state index contributed by atoms with van der Waals surface area (Å²) in [6.45, 7) is 142. The standard InChI is InChI=1S/2C9H10.C8H8.C6H12.3C5H10.C4H7N.3C4H8.C3H5N.C3H6.13C2H6.13Y/c1-3-9-7-5-4-6-8(9)2;1-2-6-9-7-4-3-5-8-9;1-2-8-6-4-3-5-7-8;1-3-5-6-4-2;3*1-3-5-4-2;1-3-4-5-2;4*1-3-4-2;1-3-2;13*1-2;;;;;;;;;;;;;/h4-7H,1-3H2;3-5,7H,1-2,6H2;3-6H,1-2H2;1-6H2;3*1-5H2;2H,1,3-4H2;3*1-4H2;2H,1,3H2;1-3H2;13*1-2H3;;;;;;;;;;;;;/q13*-2;;;;;;;;;;;;;;;;;;;;;;;;;;. The molecular weight excluding hydrogens is 2320 g/mol. The van der Waals surface area contributed by atoms with E-state index in [1.165, 1.54) is 48.8 Å². The minimum atomic E-state index is 0. The topological polar surface area (TPSA) is 24.7 Å². The first-order valence-corrected chi connectivity index (χ1v) is 38.5. The number of hydrogen-bond donors (Lipinski definition) is 0. The van der Waals surface area contributed by atoms with Crippen molar-refractivity contribution >= 4 is 13.4 Å². The normalized spacial score (nSPS) is 6.10. The van der Waals surface area contributed by atoms with Crippen LogP contribution in [0.15, 0.2) is 82.8 Å². The van der Waals surface area contributed by atoms with Crippen LogP contribution < -0.4 is 0 Å². The molecule has 13 radical (unpaired) electrons. The van der Waals surface area contributed by atoms with Crippen molar-refractivity contribution in [2.24, 2.45) is 9.98 Å². The van der Waals surface area contributed by atoms with E-state index in [1.807, 2.05) is 241 Å². The monoisotopic (exact) mass is 2520 g/mol. The van der Waals surface area contributed by atoms with Gasteiger partial charge in [0.15, 0.2) is 0 Å². The number of aliphatic imine (C=N–C) groups is 2. The van der Waals surface area contributed by atoms with Gasteiger partial charge in [-0.1, -0.05) is 205 Å². The molecule has 0 fully saturated rings. The van der Waals surface area contributed by atoms with Crippen LogP contribution in [0.4, 0.5) is 0 Å². The van der Waals surface area contributed by atoms with Crippen LogP contribution in [0.25, 0.3) is 0 Å². The van der Waals surface area contributed by atoms with E-state index in [0.29, 0.717) is 13.1 Å². The molecule has 0 aliphatic carbocycles. The molecule has 0 bridgehead atoms. The Bertz CT molecular complexity index is 1160. The van der Waals surface area contributed by atoms with Gasteiger partial charge in [0.05, 0.1) is 0 Å². The van der Waals surface area contributed by atoms with Crippen LogP contribution in [0.5, 0.6) is 0 Å². The Balaban J connectivity index is -0.0000000154. The predicted octanol–water partition coefficient (Wildman–Crippen LogP) is 33.9. The van der Waals surface area contributed by atoms with Crippen LogP contribution in [0, 0.1) is 164 Å². The molecule has 110 heavy (non-hydrogen) atoms. The fourth-order valence-electron chi connectivity index (χ4n) is 3.14. The first kappa shape index (κ1) is 241. The maximum Gasteiger partial charge on any atom is 0 e. The SMILES string of the molecule is CC.CC.CC.CC.CC.CC.CC.CC.CC.CC.CC.CC.CC.[CH-]=NCC[CH2-].[CH-]=NC[CH2-].[CH2-]CCCC[CH2-].[CH2-]CCC[CH2-].[CH2-]CCC[CH2-].[CH2-]CCC[CH2-].[CH2-]CC[CH2-].[CH2-]CC[CH2-].[CH2-]CC[CH2-].[CH2-]CCc1[c-]cccc1.[CH2-]C[CH2-].[CH2-]Cc1[c-]cccc1.[CH2-]Cc1ccccc1[CH2-].[Y].[Y].[Y].[Y].[Y].[Y].[Y].[Y].[Y].[Y].[Y].[Y].[Y]. The van der Waals surface area contributed by atoms with Gasteiger partial charge in [-0.3, -0.25) is 0 Å². The summed E-state index contributed by atoms with van der Waals surface area (Å²) in [4.78, 5) is 6.42. The van der Waals surface area contributed by atoms with Gasteiger partial charge in [0, 0.05) is 425 Å². The molecule has 2 nitrogen and oxygen atoms in total. The summed E-state index contributed by atoms with van der Waals surface area (Å²) in [7, 11) is 0. The van der Waals surface area contributed by atoms with E-state index in [-0.39, 0.29) is 425 Å². The third-order valence-electron chi connectivity index (χ3n) is 7.07. The van der Waals surface area contributed by atoms with Crippen molar-refractivity contribution in [1.82, 2.24) is 0 Å². The Hall–Kier alpha value is 11.2. The second-order valence-electron chi connectivity index (χ2n) is 13.9. The number of aryl methyl sites for hydroxylation is 1. The van der Waals surface area contributed by atoms with Crippen molar-refractivity contribution in [2.75, 3.05) is 13.1 Å². The van der Waals surface area contributed by atoms with Crippen LogP contribution in [0.1, 0.15) is 344 Å². The minimum absolute atomic E-state index is 0. The van der Waals surface area contributed by atoms with E-state index in [1.54, 1.807) is 0 Å². The van der Waals surface area contributed by atoms with Gasteiger partial charge in [-0.05, 0) is 6.54 Å². The maximum absolute atomic E-state index is 4.72. The molecule has 0 N–H and O–H groups in total. The number of rotatable bonds is 19. The van der Waals surface area contributed by atoms with Crippen molar-refractivity contribution in [1.29, 1.82) is 0 Å². The van der Waals surface area contributed by atoms with Crippen LogP contribution in [0.2, 0.25) is 0 Å². The van der Waals surface area contributed by atoms with Crippen molar-refractivity contribution in [3.63, 3.8) is 0 Å². The molecule has 0 amide bonds. The van der Waals surface area contributed by atoms with Crippen molar-refractivity contribution in [2.45, 2.75) is 341 Å². The Morgan fingerprint density at radius 3 is 0.564 bits per heavy atom. The molecule has 0 atom stereocenters. The quantitative estimate of drug-likeness (QED) is 0.0649. The van der Waals surface area contributed by atoms with Crippen LogP contribution in [-0.4, -0.2) is 26.5 Å². The Morgan fingerprint density at radius 2 is 0.464 bits per heavy atom. The van der Waals surface area contributed by atoms with Crippen LogP contribution >= 0.6 is 0 Å². The molecule has 645 valence electrons. The fourth-order valence-corrected chi connectivity index (χ4v) is 3.14. The first-order valence-electron chi connectivity index (χ1n) is 38.5. The van der Waals surface area contributed by atoms with E-state index in [2.05, 4.69) is 193 Å². The van der Waals surface area contributed by atoms with Crippen molar-refractivity contribution < 1.29 is 425 Å². The molecule has 0 heterocycles. The zero-order valence-corrected chi connectivity index (χ0v) is 117. The zero-order chi connectivity index (χ0) is 82.7. The number of unbranched alkanes of at least 4 members (excludes halogenated alkanes) is 12. The maximum atomic E-state index is 4.72. The number of benzene rings is 3. The molecule has 0 unspecified atom stereocenters. The largest absolute Gasteiger partial charge is 0.536 e. The smallest absolute Gasteiger partial charge is 0 e. The van der Waals surface area contributed by atoms with E-state index in [4.69, 9.17) is 6.72 Å². The summed E-state index contributed by atoms with van der Waals surface area (Å²) in [5, 5.41) is 0. The fraction of sp³-hybridized carbons (Fsp3) is 0.558. The van der Waals surface area contributed by atoms with Gasteiger partial charge in [-0.2, -0.15) is 167 Å². The average Bonchev–Trinajstić information content (AvgIpc) is 0.935. The zero-order valence-electron chi connectivity index (χ0n) is 80.1. The summed E-state index contributed by atoms with van der Waals surface area (Å²) in [5.74, 6) is 0. The second kappa shape index (κ2) is 390. The Kier molecular flexibility index (Phi) is 855. The summed E-state index contributed by atoms with van der Waals surface area (Å²) in [6.07, 6.45) is 25.3. The molecule has 3 aromatic carbocycles. The van der Waals surface area contributed by atoms with Gasteiger partial charge >= 0.3 is 0 Å². The molecule has 0 aliphatic rings. The van der Waals surface area contributed by atoms with Gasteiger partial charge in [0.25, 0.3) is 0 Å². The van der Waals surface area contributed by atoms with Gasteiger partial charge in [0.1, 0.15) is 0 Å². The molecule has 0 aromatic heterocycles. The third kappa shape index (κ3) is 459. The molecule has 3 rings (SSSR count). The summed E-state index contributed by atoms with van der Waals surface area (Å²) in [5.41, 5.74) is 4.75. The van der Waals surface area contributed by atoms with Crippen LogP contribution in [0.3, 0.4) is 0 Å². The molecule has 0 spiro atoms. The van der Waals surface area contributed by atoms with Crippen molar-refractivity contribution in [3.8, 4) is 0 Å². The van der Waals surface area contributed by atoms with Crippen LogP contribution in [-0.2, 0) is 444 Å². The molecular formula is C95H190N2Y13-26. The van der Waals surface area contributed by atoms with Gasteiger partial charge in [0.2, 0.25) is 0 Å². The number of nitrogens with zero attached hydrogens (tertiary/aromatic N) is 2. The molecule has 15 heteroatoms. The van der Waals surface area contributed by atoms with E-state index >= 15 is 0 Å². The van der Waals surface area contributed by atoms with E-state index in [9.17, 15) is 0 Å². The summed E-state index contributed by atoms with van der Waals surface area (Å²) < 4.78 is 0. The first-order chi connectivity index (χ1) is 47.3. The van der Waals surface area contributed by atoms with Gasteiger partial charge < -0.3 is 175 Å². The van der Waals surface area contributed by atoms with E-state index in [0.717, 1.165) is 134 Å². The molecule has 0 saturated carbocycles. The summed E-state index contributed by atoms with van der Waals surface area (Å²) >= 11 is 0. The molecule has 0 saturated heterocycles. The molecule has 0 aliphatic heterocycles. The molecule has 3 aromatic rings. The Morgan fingerprint density at radius 1 is 0.255 bits per heavy atom. The minimum Gasteiger partial charge on any atom is -0.536 e. The van der Waals surface area contributed by atoms with Crippen molar-refractivity contribution in [3.05, 3.63) is 260 Å². The summed E-state index contributed by atoms with van der Waals surface area (Å²) in [6, 6.07) is 30.1. The number of hydrogen-bond acceptors (Lipinski definition) is 2. The Labute approximate surface area is 1040 Å². The average molecular weight is 2520 g/mol. The van der Waals surface area contributed by atoms with Gasteiger partial charge in [-0.15, -0.1) is 37.9 Å². The predicted molar refractivity (Wildman–Crippen MR) is 481 cm³/mol. The second-order valence-corrected chi connectivity index (χ2v) is 13.9. The third-order valence-corrected chi connectivity index (χ3v) is 7.07.